The smallest absolute Gasteiger partial charge is 0.273 e. The Labute approximate surface area is 111 Å². The van der Waals surface area contributed by atoms with Crippen molar-refractivity contribution in [2.45, 2.75) is 25.0 Å². The van der Waals surface area contributed by atoms with Gasteiger partial charge in [0.2, 0.25) is 0 Å². The summed E-state index contributed by atoms with van der Waals surface area (Å²) < 4.78 is 11.6. The molecular formula is C13H16N2O4. The first-order valence-electron chi connectivity index (χ1n) is 6.43. The predicted octanol–water partition coefficient (Wildman–Crippen LogP) is 1.83. The topological polar surface area (TPSA) is 64.8 Å². The third kappa shape index (κ3) is 2.23. The molecule has 3 rings (SSSR count). The van der Waals surface area contributed by atoms with Crippen molar-refractivity contribution >= 4 is 5.69 Å². The van der Waals surface area contributed by atoms with Crippen LogP contribution in [0.4, 0.5) is 5.69 Å². The van der Waals surface area contributed by atoms with E-state index in [0.717, 1.165) is 19.4 Å². The Morgan fingerprint density at radius 3 is 2.95 bits per heavy atom. The third-order valence-corrected chi connectivity index (χ3v) is 3.83. The molecule has 0 spiro atoms. The number of hydrogen-bond acceptors (Lipinski definition) is 5. The van der Waals surface area contributed by atoms with Crippen LogP contribution in [0.2, 0.25) is 0 Å². The first-order chi connectivity index (χ1) is 9.15. The number of nitro groups is 1. The maximum Gasteiger partial charge on any atom is 0.273 e. The Kier molecular flexibility index (Phi) is 3.02. The SMILES string of the molecule is CN1CCC[C@H]1[C@@H]1COc2ccc([N+](=O)[O-])cc2O1. The quantitative estimate of drug-likeness (QED) is 0.602. The largest absolute Gasteiger partial charge is 0.486 e. The fourth-order valence-electron chi connectivity index (χ4n) is 2.79. The standard InChI is InChI=1S/C13H16N2O4/c1-14-6-2-3-10(14)13-8-18-11-5-4-9(15(16)17)7-12(11)19-13/h4-5,7,10,13H,2-3,6,8H2,1H3/t10-,13-/m0/s1. The molecule has 0 saturated carbocycles. The lowest BCUT2D eigenvalue weighted by molar-refractivity contribution is -0.385. The zero-order valence-corrected chi connectivity index (χ0v) is 10.7. The van der Waals surface area contributed by atoms with E-state index in [1.165, 1.54) is 12.1 Å². The Bertz CT molecular complexity index is 505. The van der Waals surface area contributed by atoms with E-state index in [0.29, 0.717) is 24.1 Å². The minimum atomic E-state index is -0.422. The van der Waals surface area contributed by atoms with Gasteiger partial charge in [0.05, 0.1) is 11.0 Å². The number of ether oxygens (including phenoxy) is 2. The van der Waals surface area contributed by atoms with Crippen molar-refractivity contribution in [1.82, 2.24) is 4.90 Å². The van der Waals surface area contributed by atoms with E-state index in [1.54, 1.807) is 6.07 Å². The number of benzene rings is 1. The molecule has 102 valence electrons. The highest BCUT2D eigenvalue weighted by Crippen LogP contribution is 2.36. The molecule has 0 N–H and O–H groups in total. The van der Waals surface area contributed by atoms with Gasteiger partial charge in [-0.15, -0.1) is 0 Å². The lowest BCUT2D eigenvalue weighted by atomic mass is 10.1. The summed E-state index contributed by atoms with van der Waals surface area (Å²) in [5, 5.41) is 10.8. The van der Waals surface area contributed by atoms with Crippen molar-refractivity contribution in [2.24, 2.45) is 0 Å². The molecule has 6 heteroatoms. The zero-order valence-electron chi connectivity index (χ0n) is 10.7. The molecule has 0 aliphatic carbocycles. The van der Waals surface area contributed by atoms with Crippen molar-refractivity contribution in [3.05, 3.63) is 28.3 Å². The van der Waals surface area contributed by atoms with Crippen molar-refractivity contribution in [3.63, 3.8) is 0 Å². The Hall–Kier alpha value is -1.82. The molecule has 0 bridgehead atoms. The molecule has 1 fully saturated rings. The van der Waals surface area contributed by atoms with E-state index < -0.39 is 4.92 Å². The molecule has 0 amide bonds. The number of non-ortho nitro benzene ring substituents is 1. The van der Waals surface area contributed by atoms with Crippen molar-refractivity contribution in [1.29, 1.82) is 0 Å². The van der Waals surface area contributed by atoms with Gasteiger partial charge in [-0.1, -0.05) is 0 Å². The van der Waals surface area contributed by atoms with Gasteiger partial charge < -0.3 is 9.47 Å². The van der Waals surface area contributed by atoms with Crippen LogP contribution in [0, 0.1) is 10.1 Å². The van der Waals surface area contributed by atoms with Crippen molar-refractivity contribution in [2.75, 3.05) is 20.2 Å². The number of nitrogens with zero attached hydrogens (tertiary/aromatic N) is 2. The molecule has 2 aliphatic rings. The Balaban J connectivity index is 1.82. The number of nitro benzene ring substituents is 1. The summed E-state index contributed by atoms with van der Waals surface area (Å²) in [7, 11) is 2.07. The van der Waals surface area contributed by atoms with Gasteiger partial charge in [-0.05, 0) is 32.5 Å². The summed E-state index contributed by atoms with van der Waals surface area (Å²) in [5.41, 5.74) is 0.0303. The van der Waals surface area contributed by atoms with Gasteiger partial charge in [-0.2, -0.15) is 0 Å². The van der Waals surface area contributed by atoms with Crippen LogP contribution in [0.3, 0.4) is 0 Å². The molecule has 2 atom stereocenters. The van der Waals surface area contributed by atoms with Gasteiger partial charge in [0.15, 0.2) is 11.5 Å². The van der Waals surface area contributed by atoms with Crippen LogP contribution in [0.5, 0.6) is 11.5 Å². The lowest BCUT2D eigenvalue weighted by Crippen LogP contribution is -2.45. The first-order valence-corrected chi connectivity index (χ1v) is 6.43. The number of hydrogen-bond donors (Lipinski definition) is 0. The average molecular weight is 264 g/mol. The highest BCUT2D eigenvalue weighted by Gasteiger charge is 2.34. The van der Waals surface area contributed by atoms with E-state index in [-0.39, 0.29) is 11.8 Å². The van der Waals surface area contributed by atoms with Crippen LogP contribution < -0.4 is 9.47 Å². The molecule has 1 saturated heterocycles. The molecule has 0 unspecified atom stereocenters. The Morgan fingerprint density at radius 1 is 1.42 bits per heavy atom. The number of likely N-dealkylation sites (N-methyl/N-ethyl adjacent to an activating group) is 1. The molecule has 0 aromatic heterocycles. The summed E-state index contributed by atoms with van der Waals surface area (Å²) in [5.74, 6) is 1.06. The Morgan fingerprint density at radius 2 is 2.26 bits per heavy atom. The minimum Gasteiger partial charge on any atom is -0.486 e. The summed E-state index contributed by atoms with van der Waals surface area (Å²) in [6.07, 6.45) is 2.18. The molecule has 1 aromatic rings. The van der Waals surface area contributed by atoms with E-state index in [2.05, 4.69) is 11.9 Å². The van der Waals surface area contributed by atoms with E-state index in [1.807, 2.05) is 0 Å². The third-order valence-electron chi connectivity index (χ3n) is 3.83. The number of fused-ring (bicyclic) bond motifs is 1. The van der Waals surface area contributed by atoms with Crippen molar-refractivity contribution in [3.8, 4) is 11.5 Å². The van der Waals surface area contributed by atoms with E-state index >= 15 is 0 Å². The normalized spacial score (nSPS) is 26.4. The summed E-state index contributed by atoms with van der Waals surface area (Å²) in [4.78, 5) is 12.6. The van der Waals surface area contributed by atoms with Gasteiger partial charge in [0.25, 0.3) is 5.69 Å². The second-order valence-electron chi connectivity index (χ2n) is 5.05. The average Bonchev–Trinajstić information content (AvgIpc) is 2.83. The van der Waals surface area contributed by atoms with Crippen LogP contribution in [0.25, 0.3) is 0 Å². The van der Waals surface area contributed by atoms with Crippen LogP contribution in [0.1, 0.15) is 12.8 Å². The molecule has 0 radical (unpaired) electrons. The highest BCUT2D eigenvalue weighted by atomic mass is 16.6. The monoisotopic (exact) mass is 264 g/mol. The summed E-state index contributed by atoms with van der Waals surface area (Å²) >= 11 is 0. The predicted molar refractivity (Wildman–Crippen MR) is 68.7 cm³/mol. The number of likely N-dealkylation sites (tertiary alicyclic amines) is 1. The fourth-order valence-corrected chi connectivity index (χ4v) is 2.79. The van der Waals surface area contributed by atoms with Gasteiger partial charge in [0.1, 0.15) is 12.7 Å². The van der Waals surface area contributed by atoms with Crippen LogP contribution in [-0.4, -0.2) is 42.2 Å². The van der Waals surface area contributed by atoms with Gasteiger partial charge in [0, 0.05) is 12.1 Å². The van der Waals surface area contributed by atoms with Crippen LogP contribution in [0.15, 0.2) is 18.2 Å². The van der Waals surface area contributed by atoms with E-state index in [9.17, 15) is 10.1 Å². The molecule has 2 aliphatic heterocycles. The maximum atomic E-state index is 10.8. The van der Waals surface area contributed by atoms with Gasteiger partial charge in [-0.3, -0.25) is 15.0 Å². The van der Waals surface area contributed by atoms with Gasteiger partial charge in [-0.25, -0.2) is 0 Å². The van der Waals surface area contributed by atoms with Crippen molar-refractivity contribution < 1.29 is 14.4 Å². The fraction of sp³-hybridized carbons (Fsp3) is 0.538. The molecule has 2 heterocycles. The molecular weight excluding hydrogens is 248 g/mol. The minimum absolute atomic E-state index is 0.0303. The molecule has 19 heavy (non-hydrogen) atoms. The number of rotatable bonds is 2. The maximum absolute atomic E-state index is 10.8. The molecule has 6 nitrogen and oxygen atoms in total. The second-order valence-corrected chi connectivity index (χ2v) is 5.05. The summed E-state index contributed by atoms with van der Waals surface area (Å²) in [6, 6.07) is 4.80. The zero-order chi connectivity index (χ0) is 13.4. The highest BCUT2D eigenvalue weighted by molar-refractivity contribution is 5.49. The summed E-state index contributed by atoms with van der Waals surface area (Å²) in [6.45, 7) is 1.56. The van der Waals surface area contributed by atoms with E-state index in [4.69, 9.17) is 9.47 Å². The first kappa shape index (κ1) is 12.2. The second kappa shape index (κ2) is 4.70. The lowest BCUT2D eigenvalue weighted by Gasteiger charge is -2.33. The van der Waals surface area contributed by atoms with Gasteiger partial charge >= 0.3 is 0 Å². The van der Waals surface area contributed by atoms with Crippen LogP contribution >= 0.6 is 0 Å². The molecule has 1 aromatic carbocycles. The van der Waals surface area contributed by atoms with Crippen LogP contribution in [-0.2, 0) is 0 Å².